The number of carbonyl (C=O) groups is 1. The van der Waals surface area contributed by atoms with Crippen molar-refractivity contribution >= 4 is 28.8 Å². The third-order valence-electron chi connectivity index (χ3n) is 4.48. The third-order valence-corrected chi connectivity index (χ3v) is 5.23. The van der Waals surface area contributed by atoms with Crippen LogP contribution in [0.25, 0.3) is 0 Å². The molecule has 1 atom stereocenters. The fourth-order valence-corrected chi connectivity index (χ4v) is 3.02. The third kappa shape index (κ3) is 7.93. The van der Waals surface area contributed by atoms with Gasteiger partial charge in [-0.25, -0.2) is 8.21 Å². The average Bonchev–Trinajstić information content (AvgIpc) is 3.23. The summed E-state index contributed by atoms with van der Waals surface area (Å²) >= 11 is 1.84. The van der Waals surface area contributed by atoms with Gasteiger partial charge in [-0.1, -0.05) is 5.21 Å². The molecule has 1 amide bonds. The second kappa shape index (κ2) is 14.2. The summed E-state index contributed by atoms with van der Waals surface area (Å²) in [5.41, 5.74) is 4.52. The van der Waals surface area contributed by atoms with Gasteiger partial charge in [0.15, 0.2) is 0 Å². The number of aliphatic hydroxyl groups is 5. The van der Waals surface area contributed by atoms with Crippen molar-refractivity contribution in [3.8, 4) is 0 Å². The molecule has 14 heteroatoms. The second-order valence-electron chi connectivity index (χ2n) is 6.74. The van der Waals surface area contributed by atoms with Crippen LogP contribution in [0.1, 0.15) is 12.1 Å². The van der Waals surface area contributed by atoms with E-state index in [9.17, 15) is 30.3 Å². The molecule has 0 spiro atoms. The molecule has 0 aliphatic carbocycles. The number of aryl methyl sites for hydroxylation is 1. The van der Waals surface area contributed by atoms with Crippen LogP contribution >= 0.6 is 22.9 Å². The van der Waals surface area contributed by atoms with E-state index in [2.05, 4.69) is 13.8 Å². The highest BCUT2D eigenvalue weighted by molar-refractivity contribution is 14.1. The van der Waals surface area contributed by atoms with Crippen molar-refractivity contribution in [1.29, 1.82) is 0 Å². The van der Waals surface area contributed by atoms with E-state index in [1.165, 1.54) is 4.68 Å². The number of hydrogen-bond donors (Lipinski definition) is 7. The molecular formula is C16H30IN5O8. The molecule has 0 saturated heterocycles. The van der Waals surface area contributed by atoms with Gasteiger partial charge in [-0.3, -0.25) is 4.79 Å². The molecule has 0 aromatic carbocycles. The number of nitrogens with one attached hydrogen (secondary N) is 1. The number of hydrogen-bond acceptors (Lipinski definition) is 11. The Balaban J connectivity index is 3.01. The zero-order valence-corrected chi connectivity index (χ0v) is 18.6. The fourth-order valence-electron chi connectivity index (χ4n) is 2.40. The van der Waals surface area contributed by atoms with E-state index in [0.29, 0.717) is 18.5 Å². The van der Waals surface area contributed by atoms with Crippen LogP contribution in [-0.2, 0) is 26.2 Å². The highest BCUT2D eigenvalue weighted by Gasteiger charge is 2.36. The largest absolute Gasteiger partial charge is 0.394 e. The number of amides is 1. The van der Waals surface area contributed by atoms with Gasteiger partial charge in [-0.15, -0.1) is 5.10 Å². The number of primary amides is 1. The molecule has 1 aromatic heterocycles. The molecule has 0 aliphatic heterocycles. The van der Waals surface area contributed by atoms with E-state index in [1.807, 2.05) is 22.9 Å². The number of nitrogens with two attached hydrogens (primary N) is 1. The van der Waals surface area contributed by atoms with Crippen molar-refractivity contribution in [3.05, 3.63) is 11.9 Å². The van der Waals surface area contributed by atoms with Crippen molar-refractivity contribution in [2.45, 2.75) is 36.6 Å². The van der Waals surface area contributed by atoms with Crippen molar-refractivity contribution < 1.29 is 39.8 Å². The summed E-state index contributed by atoms with van der Waals surface area (Å²) < 4.78 is 15.1. The Morgan fingerprint density at radius 1 is 1.13 bits per heavy atom. The van der Waals surface area contributed by atoms with Gasteiger partial charge in [-0.05, 0) is 12.8 Å². The standard InChI is InChI=1S/C16H30IN5O8/c17-19-14(15(18)28)2-1-11-3-22(21-20-11)16(8-27,9-29-12(4-23)5-24)10-30-13(6-25)7-26/h3,12-14,19,23-27H,1-2,4-10H2,(H2,18,28)/t14-/m1/s1. The Kier molecular flexibility index (Phi) is 12.8. The topological polar surface area (TPSA) is 205 Å². The lowest BCUT2D eigenvalue weighted by Crippen LogP contribution is -2.49. The minimum atomic E-state index is -1.30. The number of carbonyl (C=O) groups excluding carboxylic acids is 1. The van der Waals surface area contributed by atoms with E-state index in [4.69, 9.17) is 15.2 Å². The monoisotopic (exact) mass is 547 g/mol. The minimum absolute atomic E-state index is 0.207. The molecule has 0 fully saturated rings. The molecule has 1 aromatic rings. The van der Waals surface area contributed by atoms with Crippen molar-refractivity contribution in [2.24, 2.45) is 5.73 Å². The quantitative estimate of drug-likeness (QED) is 0.0751. The lowest BCUT2D eigenvalue weighted by molar-refractivity contribution is -0.119. The molecule has 30 heavy (non-hydrogen) atoms. The highest BCUT2D eigenvalue weighted by Crippen LogP contribution is 2.19. The Bertz CT molecular complexity index is 598. The van der Waals surface area contributed by atoms with Gasteiger partial charge in [0.2, 0.25) is 5.91 Å². The Morgan fingerprint density at radius 2 is 1.67 bits per heavy atom. The van der Waals surface area contributed by atoms with Crippen LogP contribution in [0, 0.1) is 0 Å². The van der Waals surface area contributed by atoms with Crippen LogP contribution in [-0.4, -0.2) is 111 Å². The maximum atomic E-state index is 11.3. The zero-order valence-electron chi connectivity index (χ0n) is 16.4. The SMILES string of the molecule is NC(=O)[C@@H](CCc1cn(C(CO)(COC(CO)CO)COC(CO)CO)nn1)NI. The molecule has 0 bridgehead atoms. The van der Waals surface area contributed by atoms with Gasteiger partial charge in [0.25, 0.3) is 0 Å². The summed E-state index contributed by atoms with van der Waals surface area (Å²) in [6, 6.07) is -0.547. The molecule has 0 radical (unpaired) electrons. The van der Waals surface area contributed by atoms with E-state index < -0.39 is 62.7 Å². The predicted molar refractivity (Wildman–Crippen MR) is 111 cm³/mol. The summed E-state index contributed by atoms with van der Waals surface area (Å²) in [6.45, 7) is -2.67. The van der Waals surface area contributed by atoms with Crippen LogP contribution < -0.4 is 9.26 Å². The summed E-state index contributed by atoms with van der Waals surface area (Å²) in [4.78, 5) is 11.3. The molecule has 1 heterocycles. The van der Waals surface area contributed by atoms with Gasteiger partial charge >= 0.3 is 0 Å². The molecule has 0 saturated carbocycles. The van der Waals surface area contributed by atoms with Crippen LogP contribution in [0.15, 0.2) is 6.20 Å². The normalized spacial score (nSPS) is 13.3. The van der Waals surface area contributed by atoms with Gasteiger partial charge in [-0.2, -0.15) is 0 Å². The average molecular weight is 547 g/mol. The number of halogens is 1. The first-order valence-electron chi connectivity index (χ1n) is 9.24. The van der Waals surface area contributed by atoms with Gasteiger partial charge < -0.3 is 40.7 Å². The smallest absolute Gasteiger partial charge is 0.235 e. The lowest BCUT2D eigenvalue weighted by Gasteiger charge is -2.33. The van der Waals surface area contributed by atoms with E-state index in [-0.39, 0.29) is 13.2 Å². The van der Waals surface area contributed by atoms with Crippen molar-refractivity contribution in [3.63, 3.8) is 0 Å². The molecular weight excluding hydrogens is 517 g/mol. The number of ether oxygens (including phenoxy) is 2. The Labute approximate surface area is 187 Å². The minimum Gasteiger partial charge on any atom is -0.394 e. The maximum absolute atomic E-state index is 11.3. The second-order valence-corrected chi connectivity index (χ2v) is 7.36. The van der Waals surface area contributed by atoms with E-state index in [1.54, 1.807) is 6.20 Å². The molecule has 0 unspecified atom stereocenters. The fraction of sp³-hybridized carbons (Fsp3) is 0.812. The van der Waals surface area contributed by atoms with Crippen LogP contribution in [0.4, 0.5) is 0 Å². The van der Waals surface area contributed by atoms with Crippen molar-refractivity contribution in [2.75, 3.05) is 46.2 Å². The van der Waals surface area contributed by atoms with E-state index >= 15 is 0 Å². The molecule has 0 aliphatic rings. The van der Waals surface area contributed by atoms with Crippen molar-refractivity contribution in [1.82, 2.24) is 18.5 Å². The predicted octanol–water partition coefficient (Wildman–Crippen LogP) is -3.57. The highest BCUT2D eigenvalue weighted by atomic mass is 127. The molecule has 174 valence electrons. The van der Waals surface area contributed by atoms with Gasteiger partial charge in [0.05, 0.1) is 58.0 Å². The van der Waals surface area contributed by atoms with Crippen LogP contribution in [0.2, 0.25) is 0 Å². The summed E-state index contributed by atoms with van der Waals surface area (Å²) in [5, 5.41) is 55.1. The molecule has 13 nitrogen and oxygen atoms in total. The summed E-state index contributed by atoms with van der Waals surface area (Å²) in [5.74, 6) is -0.499. The summed E-state index contributed by atoms with van der Waals surface area (Å²) in [6.07, 6.45) is 0.546. The lowest BCUT2D eigenvalue weighted by atomic mass is 10.0. The van der Waals surface area contributed by atoms with Crippen LogP contribution in [0.3, 0.4) is 0 Å². The zero-order chi connectivity index (χ0) is 22.6. The molecule has 1 rings (SSSR count). The van der Waals surface area contributed by atoms with Crippen LogP contribution in [0.5, 0.6) is 0 Å². The molecule has 8 N–H and O–H groups in total. The number of nitrogens with zero attached hydrogens (tertiary/aromatic N) is 3. The first-order chi connectivity index (χ1) is 14.4. The van der Waals surface area contributed by atoms with E-state index in [0.717, 1.165) is 0 Å². The first kappa shape index (κ1) is 27.1. The van der Waals surface area contributed by atoms with Gasteiger partial charge in [0, 0.05) is 29.1 Å². The summed E-state index contributed by atoms with van der Waals surface area (Å²) in [7, 11) is 0. The van der Waals surface area contributed by atoms with Gasteiger partial charge in [0.1, 0.15) is 17.7 Å². The Hall–Kier alpha value is -0.980. The Morgan fingerprint density at radius 3 is 2.07 bits per heavy atom. The maximum Gasteiger partial charge on any atom is 0.235 e. The number of rotatable bonds is 17. The number of aliphatic hydroxyl groups excluding tert-OH is 5. The first-order valence-corrected chi connectivity index (χ1v) is 10.3. The number of aromatic nitrogens is 3.